The summed E-state index contributed by atoms with van der Waals surface area (Å²) in [7, 11) is 3.83. The minimum absolute atomic E-state index is 0.128. The van der Waals surface area contributed by atoms with Gasteiger partial charge in [-0.25, -0.2) is 8.78 Å². The van der Waals surface area contributed by atoms with Crippen LogP contribution in [0.5, 0.6) is 0 Å². The quantitative estimate of drug-likeness (QED) is 0.787. The van der Waals surface area contributed by atoms with E-state index in [0.29, 0.717) is 11.1 Å². The van der Waals surface area contributed by atoms with Crippen molar-refractivity contribution in [2.45, 2.75) is 26.3 Å². The van der Waals surface area contributed by atoms with E-state index in [-0.39, 0.29) is 17.7 Å². The number of benzene rings is 1. The van der Waals surface area contributed by atoms with E-state index in [4.69, 9.17) is 0 Å². The van der Waals surface area contributed by atoms with E-state index in [1.807, 2.05) is 25.9 Å². The van der Waals surface area contributed by atoms with Crippen LogP contribution in [-0.4, -0.2) is 32.1 Å². The molecule has 0 saturated heterocycles. The standard InChI is InChI=1S/C14H22F2N2/c1-10-8-14(16)12(9-13(10)15)11(2)18(4)7-5-6-17-3/h8-9,11,17H,5-7H2,1-4H3. The van der Waals surface area contributed by atoms with Crippen molar-refractivity contribution in [3.8, 4) is 0 Å². The van der Waals surface area contributed by atoms with Gasteiger partial charge in [0.25, 0.3) is 0 Å². The fourth-order valence-electron chi connectivity index (χ4n) is 1.92. The number of halogens is 2. The Morgan fingerprint density at radius 1 is 1.28 bits per heavy atom. The molecule has 0 saturated carbocycles. The zero-order valence-electron chi connectivity index (χ0n) is 11.6. The molecule has 0 aliphatic heterocycles. The average molecular weight is 256 g/mol. The maximum Gasteiger partial charge on any atom is 0.128 e. The van der Waals surface area contributed by atoms with E-state index in [2.05, 4.69) is 5.32 Å². The molecule has 0 fully saturated rings. The third kappa shape index (κ3) is 3.75. The molecule has 1 aromatic rings. The van der Waals surface area contributed by atoms with Gasteiger partial charge < -0.3 is 5.32 Å². The van der Waals surface area contributed by atoms with Crippen LogP contribution >= 0.6 is 0 Å². The summed E-state index contributed by atoms with van der Waals surface area (Å²) < 4.78 is 27.3. The zero-order valence-corrected chi connectivity index (χ0v) is 11.6. The first-order chi connectivity index (χ1) is 8.47. The van der Waals surface area contributed by atoms with Crippen molar-refractivity contribution in [1.82, 2.24) is 10.2 Å². The second-order valence-electron chi connectivity index (χ2n) is 4.74. The van der Waals surface area contributed by atoms with Crippen molar-refractivity contribution in [3.63, 3.8) is 0 Å². The number of rotatable bonds is 6. The van der Waals surface area contributed by atoms with Gasteiger partial charge in [-0.15, -0.1) is 0 Å². The molecule has 0 aliphatic carbocycles. The third-order valence-corrected chi connectivity index (χ3v) is 3.33. The molecule has 0 aromatic heterocycles. The summed E-state index contributed by atoms with van der Waals surface area (Å²) in [5.41, 5.74) is 0.770. The van der Waals surface area contributed by atoms with Crippen LogP contribution in [-0.2, 0) is 0 Å². The van der Waals surface area contributed by atoms with Crippen LogP contribution in [0.1, 0.15) is 30.5 Å². The summed E-state index contributed by atoms with van der Waals surface area (Å²) in [5.74, 6) is -0.677. The Hall–Kier alpha value is -1.00. The molecule has 0 spiro atoms. The lowest BCUT2D eigenvalue weighted by molar-refractivity contribution is 0.252. The van der Waals surface area contributed by atoms with E-state index in [1.165, 1.54) is 12.1 Å². The first-order valence-corrected chi connectivity index (χ1v) is 6.27. The lowest BCUT2D eigenvalue weighted by atomic mass is 10.0. The molecule has 0 radical (unpaired) electrons. The largest absolute Gasteiger partial charge is 0.320 e. The molecule has 4 heteroatoms. The van der Waals surface area contributed by atoms with Crippen molar-refractivity contribution < 1.29 is 8.78 Å². The maximum atomic E-state index is 13.8. The topological polar surface area (TPSA) is 15.3 Å². The molecular formula is C14H22F2N2. The van der Waals surface area contributed by atoms with Gasteiger partial charge in [-0.05, 0) is 65.1 Å². The van der Waals surface area contributed by atoms with Gasteiger partial charge in [0.05, 0.1) is 0 Å². The highest BCUT2D eigenvalue weighted by Crippen LogP contribution is 2.24. The van der Waals surface area contributed by atoms with Gasteiger partial charge in [0, 0.05) is 11.6 Å². The van der Waals surface area contributed by atoms with Gasteiger partial charge >= 0.3 is 0 Å². The highest BCUT2D eigenvalue weighted by Gasteiger charge is 2.17. The monoisotopic (exact) mass is 256 g/mol. The smallest absolute Gasteiger partial charge is 0.128 e. The Morgan fingerprint density at radius 3 is 2.56 bits per heavy atom. The molecule has 1 N–H and O–H groups in total. The van der Waals surface area contributed by atoms with Crippen molar-refractivity contribution in [1.29, 1.82) is 0 Å². The molecule has 1 rings (SSSR count). The molecule has 0 aliphatic rings. The van der Waals surface area contributed by atoms with Gasteiger partial charge in [0.2, 0.25) is 0 Å². The van der Waals surface area contributed by atoms with Crippen LogP contribution in [0, 0.1) is 18.6 Å². The van der Waals surface area contributed by atoms with E-state index in [1.54, 1.807) is 6.92 Å². The van der Waals surface area contributed by atoms with E-state index >= 15 is 0 Å². The Kier molecular flexibility index (Phi) is 5.69. The Morgan fingerprint density at radius 2 is 1.94 bits per heavy atom. The highest BCUT2D eigenvalue weighted by atomic mass is 19.1. The number of nitrogens with one attached hydrogen (secondary N) is 1. The number of hydrogen-bond acceptors (Lipinski definition) is 2. The molecule has 1 unspecified atom stereocenters. The van der Waals surface area contributed by atoms with Crippen LogP contribution in [0.4, 0.5) is 8.78 Å². The lowest BCUT2D eigenvalue weighted by Crippen LogP contribution is -2.26. The zero-order chi connectivity index (χ0) is 13.7. The molecule has 1 aromatic carbocycles. The predicted molar refractivity (Wildman–Crippen MR) is 70.7 cm³/mol. The van der Waals surface area contributed by atoms with Crippen molar-refractivity contribution in [2.75, 3.05) is 27.2 Å². The predicted octanol–water partition coefficient (Wildman–Crippen LogP) is 2.88. The first-order valence-electron chi connectivity index (χ1n) is 6.27. The summed E-state index contributed by atoms with van der Waals surface area (Å²) in [6.07, 6.45) is 0.979. The Balaban J connectivity index is 2.76. The minimum Gasteiger partial charge on any atom is -0.320 e. The van der Waals surface area contributed by atoms with Gasteiger partial charge in [0.15, 0.2) is 0 Å². The molecule has 0 heterocycles. The molecule has 2 nitrogen and oxygen atoms in total. The van der Waals surface area contributed by atoms with E-state index in [9.17, 15) is 8.78 Å². The fourth-order valence-corrected chi connectivity index (χ4v) is 1.92. The van der Waals surface area contributed by atoms with E-state index < -0.39 is 0 Å². The maximum absolute atomic E-state index is 13.8. The van der Waals surface area contributed by atoms with Gasteiger partial charge in [-0.3, -0.25) is 4.90 Å². The first kappa shape index (κ1) is 15.1. The van der Waals surface area contributed by atoms with Crippen molar-refractivity contribution in [2.24, 2.45) is 0 Å². The van der Waals surface area contributed by atoms with Crippen molar-refractivity contribution >= 4 is 0 Å². The van der Waals surface area contributed by atoms with Crippen LogP contribution in [0.3, 0.4) is 0 Å². The Bertz CT molecular complexity index is 394. The van der Waals surface area contributed by atoms with Crippen LogP contribution in [0.15, 0.2) is 12.1 Å². The molecular weight excluding hydrogens is 234 g/mol. The fraction of sp³-hybridized carbons (Fsp3) is 0.571. The Labute approximate surface area is 108 Å². The normalized spacial score (nSPS) is 13.1. The van der Waals surface area contributed by atoms with Crippen LogP contribution in [0.2, 0.25) is 0 Å². The minimum atomic E-state index is -0.345. The van der Waals surface area contributed by atoms with Gasteiger partial charge in [0.1, 0.15) is 11.6 Å². The molecule has 18 heavy (non-hydrogen) atoms. The second kappa shape index (κ2) is 6.81. The van der Waals surface area contributed by atoms with Crippen LogP contribution < -0.4 is 5.32 Å². The highest BCUT2D eigenvalue weighted by molar-refractivity contribution is 5.27. The van der Waals surface area contributed by atoms with Gasteiger partial charge in [-0.2, -0.15) is 0 Å². The molecule has 1 atom stereocenters. The number of aryl methyl sites for hydroxylation is 1. The summed E-state index contributed by atoms with van der Waals surface area (Å²) in [4.78, 5) is 2.03. The SMILES string of the molecule is CNCCCN(C)C(C)c1cc(F)c(C)cc1F. The second-order valence-corrected chi connectivity index (χ2v) is 4.74. The van der Waals surface area contributed by atoms with Crippen LogP contribution in [0.25, 0.3) is 0 Å². The number of nitrogens with zero attached hydrogens (tertiary/aromatic N) is 1. The summed E-state index contributed by atoms with van der Waals surface area (Å²) in [5, 5.41) is 3.07. The number of hydrogen-bond donors (Lipinski definition) is 1. The molecule has 0 bridgehead atoms. The molecule has 102 valence electrons. The summed E-state index contributed by atoms with van der Waals surface area (Å²) in [6, 6.07) is 2.45. The van der Waals surface area contributed by atoms with Gasteiger partial charge in [-0.1, -0.05) is 0 Å². The summed E-state index contributed by atoms with van der Waals surface area (Å²) >= 11 is 0. The van der Waals surface area contributed by atoms with Crippen molar-refractivity contribution in [3.05, 3.63) is 34.9 Å². The average Bonchev–Trinajstić information content (AvgIpc) is 2.33. The summed E-state index contributed by atoms with van der Waals surface area (Å²) in [6.45, 7) is 5.23. The third-order valence-electron chi connectivity index (χ3n) is 3.33. The lowest BCUT2D eigenvalue weighted by Gasteiger charge is -2.25. The molecule has 0 amide bonds. The van der Waals surface area contributed by atoms with E-state index in [0.717, 1.165) is 19.5 Å².